The molecule has 1 saturated heterocycles. The van der Waals surface area contributed by atoms with E-state index in [9.17, 15) is 14.7 Å². The van der Waals surface area contributed by atoms with Crippen LogP contribution < -0.4 is 5.32 Å². The number of hydrogen-bond acceptors (Lipinski definition) is 6. The smallest absolute Gasteiger partial charge is 0.311 e. The number of amides is 1. The van der Waals surface area contributed by atoms with Crippen molar-refractivity contribution in [3.8, 4) is 0 Å². The second kappa shape index (κ2) is 5.40. The maximum Gasteiger partial charge on any atom is 0.311 e. The van der Waals surface area contributed by atoms with Gasteiger partial charge in [0.15, 0.2) is 5.69 Å². The van der Waals surface area contributed by atoms with Crippen molar-refractivity contribution < 1.29 is 19.4 Å². The predicted octanol–water partition coefficient (Wildman–Crippen LogP) is 0.149. The van der Waals surface area contributed by atoms with E-state index in [1.807, 2.05) is 0 Å². The summed E-state index contributed by atoms with van der Waals surface area (Å²) in [6.07, 6.45) is 2.16. The first-order valence-corrected chi connectivity index (χ1v) is 6.24. The zero-order valence-electron chi connectivity index (χ0n) is 9.59. The van der Waals surface area contributed by atoms with Crippen LogP contribution >= 0.6 is 11.7 Å². The molecule has 7 nitrogen and oxygen atoms in total. The molecular formula is C10H13N3O4S. The summed E-state index contributed by atoms with van der Waals surface area (Å²) in [6, 6.07) is 0. The SMILES string of the molecule is O=C(NCC1(C(=O)O)CCOCC1)c1cnsn1. The normalized spacial score (nSPS) is 18.2. The maximum absolute atomic E-state index is 11.7. The number of nitrogens with zero attached hydrogens (tertiary/aromatic N) is 2. The number of carbonyl (C=O) groups is 2. The summed E-state index contributed by atoms with van der Waals surface area (Å²) in [4.78, 5) is 23.0. The van der Waals surface area contributed by atoms with E-state index >= 15 is 0 Å². The van der Waals surface area contributed by atoms with E-state index < -0.39 is 17.3 Å². The van der Waals surface area contributed by atoms with Crippen molar-refractivity contribution in [2.45, 2.75) is 12.8 Å². The number of aliphatic carboxylic acids is 1. The Kier molecular flexibility index (Phi) is 3.87. The van der Waals surface area contributed by atoms with E-state index in [1.165, 1.54) is 6.20 Å². The van der Waals surface area contributed by atoms with Crippen LogP contribution in [0.5, 0.6) is 0 Å². The first kappa shape index (κ1) is 12.9. The van der Waals surface area contributed by atoms with Crippen molar-refractivity contribution in [1.82, 2.24) is 14.1 Å². The molecule has 0 bridgehead atoms. The minimum Gasteiger partial charge on any atom is -0.481 e. The van der Waals surface area contributed by atoms with Crippen LogP contribution in [0.3, 0.4) is 0 Å². The third kappa shape index (κ3) is 2.65. The van der Waals surface area contributed by atoms with Crippen LogP contribution in [-0.2, 0) is 9.53 Å². The van der Waals surface area contributed by atoms with Crippen LogP contribution in [0.1, 0.15) is 23.3 Å². The van der Waals surface area contributed by atoms with Gasteiger partial charge in [-0.15, -0.1) is 0 Å². The van der Waals surface area contributed by atoms with Crippen LogP contribution in [0.25, 0.3) is 0 Å². The fraction of sp³-hybridized carbons (Fsp3) is 0.600. The number of rotatable bonds is 4. The lowest BCUT2D eigenvalue weighted by Gasteiger charge is -2.32. The number of hydrogen-bond donors (Lipinski definition) is 2. The minimum absolute atomic E-state index is 0.0854. The van der Waals surface area contributed by atoms with E-state index in [-0.39, 0.29) is 12.2 Å². The summed E-state index contributed by atoms with van der Waals surface area (Å²) < 4.78 is 12.7. The molecule has 0 spiro atoms. The Hall–Kier alpha value is -1.54. The van der Waals surface area contributed by atoms with Crippen LogP contribution in [-0.4, -0.2) is 45.5 Å². The molecule has 0 aliphatic carbocycles. The third-order valence-electron chi connectivity index (χ3n) is 3.08. The van der Waals surface area contributed by atoms with Gasteiger partial charge in [0.1, 0.15) is 0 Å². The molecule has 2 heterocycles. The van der Waals surface area contributed by atoms with Crippen molar-refractivity contribution in [2.24, 2.45) is 5.41 Å². The zero-order valence-corrected chi connectivity index (χ0v) is 10.4. The molecule has 8 heteroatoms. The second-order valence-electron chi connectivity index (χ2n) is 4.17. The molecule has 18 heavy (non-hydrogen) atoms. The van der Waals surface area contributed by atoms with Gasteiger partial charge in [0.05, 0.1) is 23.3 Å². The molecule has 1 aromatic rings. The molecule has 2 rings (SSSR count). The van der Waals surface area contributed by atoms with Crippen molar-refractivity contribution in [2.75, 3.05) is 19.8 Å². The maximum atomic E-state index is 11.7. The Labute approximate surface area is 107 Å². The number of carbonyl (C=O) groups excluding carboxylic acids is 1. The average molecular weight is 271 g/mol. The number of nitrogens with one attached hydrogen (secondary N) is 1. The van der Waals surface area contributed by atoms with E-state index in [1.54, 1.807) is 0 Å². The molecule has 1 aliphatic rings. The highest BCUT2D eigenvalue weighted by atomic mass is 32.1. The fourth-order valence-corrected chi connectivity index (χ4v) is 2.25. The lowest BCUT2D eigenvalue weighted by Crippen LogP contribution is -2.46. The van der Waals surface area contributed by atoms with Gasteiger partial charge in [-0.05, 0) is 12.8 Å². The number of carboxylic acid groups (broad SMARTS) is 1. The van der Waals surface area contributed by atoms with Crippen LogP contribution in [0.4, 0.5) is 0 Å². The monoisotopic (exact) mass is 271 g/mol. The molecule has 2 N–H and O–H groups in total. The van der Waals surface area contributed by atoms with Gasteiger partial charge in [-0.3, -0.25) is 9.59 Å². The Morgan fingerprint density at radius 3 is 2.78 bits per heavy atom. The van der Waals surface area contributed by atoms with E-state index in [4.69, 9.17) is 4.74 Å². The van der Waals surface area contributed by atoms with E-state index in [0.717, 1.165) is 11.7 Å². The van der Waals surface area contributed by atoms with Crippen LogP contribution in [0, 0.1) is 5.41 Å². The van der Waals surface area contributed by atoms with Crippen molar-refractivity contribution in [3.63, 3.8) is 0 Å². The lowest BCUT2D eigenvalue weighted by molar-refractivity contribution is -0.154. The van der Waals surface area contributed by atoms with Crippen LogP contribution in [0.15, 0.2) is 6.20 Å². The topological polar surface area (TPSA) is 101 Å². The molecule has 0 radical (unpaired) electrons. The molecule has 0 saturated carbocycles. The summed E-state index contributed by atoms with van der Waals surface area (Å²) in [5.41, 5.74) is -0.718. The fourth-order valence-electron chi connectivity index (χ4n) is 1.83. The summed E-state index contributed by atoms with van der Waals surface area (Å²) in [7, 11) is 0. The molecule has 0 unspecified atom stereocenters. The van der Waals surface area contributed by atoms with Gasteiger partial charge in [0.2, 0.25) is 0 Å². The van der Waals surface area contributed by atoms with Crippen molar-refractivity contribution >= 4 is 23.6 Å². The summed E-state index contributed by atoms with van der Waals surface area (Å²) >= 11 is 0.938. The zero-order chi connectivity index (χ0) is 13.0. The first-order valence-electron chi connectivity index (χ1n) is 5.51. The Bertz CT molecular complexity index is 428. The standard InChI is InChI=1S/C10H13N3O4S/c14-8(7-5-12-18-13-7)11-6-10(9(15)16)1-3-17-4-2-10/h5H,1-4,6H2,(H,11,14)(H,15,16). The number of ether oxygens (including phenoxy) is 1. The Balaban J connectivity index is 1.98. The predicted molar refractivity (Wildman–Crippen MR) is 62.4 cm³/mol. The molecule has 0 aromatic carbocycles. The van der Waals surface area contributed by atoms with Gasteiger partial charge in [-0.2, -0.15) is 8.75 Å². The molecular weight excluding hydrogens is 258 g/mol. The van der Waals surface area contributed by atoms with Gasteiger partial charge < -0.3 is 15.2 Å². The van der Waals surface area contributed by atoms with Crippen molar-refractivity contribution in [1.29, 1.82) is 0 Å². The van der Waals surface area contributed by atoms with Gasteiger partial charge in [-0.25, -0.2) is 0 Å². The minimum atomic E-state index is -0.933. The van der Waals surface area contributed by atoms with Gasteiger partial charge in [0, 0.05) is 19.8 Å². The summed E-state index contributed by atoms with van der Waals surface area (Å²) in [6.45, 7) is 0.892. The highest BCUT2D eigenvalue weighted by molar-refractivity contribution is 6.99. The lowest BCUT2D eigenvalue weighted by atomic mass is 9.80. The molecule has 98 valence electrons. The highest BCUT2D eigenvalue weighted by Gasteiger charge is 2.40. The molecule has 1 amide bonds. The summed E-state index contributed by atoms with van der Waals surface area (Å²) in [5.74, 6) is -1.29. The van der Waals surface area contributed by atoms with Gasteiger partial charge in [0.25, 0.3) is 5.91 Å². The highest BCUT2D eigenvalue weighted by Crippen LogP contribution is 2.30. The largest absolute Gasteiger partial charge is 0.481 e. The first-order chi connectivity index (χ1) is 8.64. The van der Waals surface area contributed by atoms with Crippen LogP contribution in [0.2, 0.25) is 0 Å². The average Bonchev–Trinajstić information content (AvgIpc) is 2.91. The Morgan fingerprint density at radius 2 is 2.22 bits per heavy atom. The molecule has 1 aliphatic heterocycles. The third-order valence-corrected chi connectivity index (χ3v) is 3.56. The molecule has 1 aromatic heterocycles. The second-order valence-corrected chi connectivity index (χ2v) is 4.73. The molecule has 0 atom stereocenters. The number of aromatic nitrogens is 2. The quantitative estimate of drug-likeness (QED) is 0.808. The number of carboxylic acids is 1. The van der Waals surface area contributed by atoms with E-state index in [0.29, 0.717) is 26.1 Å². The molecule has 1 fully saturated rings. The summed E-state index contributed by atoms with van der Waals surface area (Å²) in [5, 5.41) is 11.9. The Morgan fingerprint density at radius 1 is 1.50 bits per heavy atom. The van der Waals surface area contributed by atoms with E-state index in [2.05, 4.69) is 14.1 Å². The van der Waals surface area contributed by atoms with Crippen molar-refractivity contribution in [3.05, 3.63) is 11.9 Å². The van der Waals surface area contributed by atoms with Gasteiger partial charge >= 0.3 is 5.97 Å². The van der Waals surface area contributed by atoms with Gasteiger partial charge in [-0.1, -0.05) is 0 Å².